The van der Waals surface area contributed by atoms with Crippen molar-refractivity contribution in [2.45, 2.75) is 31.7 Å². The number of aromatic nitrogens is 2. The van der Waals surface area contributed by atoms with Crippen LogP contribution in [0.25, 0.3) is 5.65 Å². The van der Waals surface area contributed by atoms with Crippen LogP contribution in [0.5, 0.6) is 0 Å². The van der Waals surface area contributed by atoms with Gasteiger partial charge in [0.2, 0.25) is 0 Å². The molecule has 156 valence electrons. The van der Waals surface area contributed by atoms with Gasteiger partial charge in [-0.25, -0.2) is 9.37 Å². The Labute approximate surface area is 172 Å². The predicted molar refractivity (Wildman–Crippen MR) is 110 cm³/mol. The maximum Gasteiger partial charge on any atom is 0.274 e. The number of carbonyl (C=O) groups is 2. The average Bonchev–Trinajstić information content (AvgIpc) is 3.20. The first-order chi connectivity index (χ1) is 14.6. The molecule has 0 bridgehead atoms. The van der Waals surface area contributed by atoms with E-state index in [1.165, 1.54) is 18.3 Å². The number of rotatable bonds is 5. The van der Waals surface area contributed by atoms with E-state index in [0.717, 1.165) is 31.7 Å². The maximum absolute atomic E-state index is 14.3. The molecule has 2 amide bonds. The van der Waals surface area contributed by atoms with Crippen LogP contribution in [0, 0.1) is 11.7 Å². The van der Waals surface area contributed by atoms with Crippen LogP contribution in [-0.2, 0) is 0 Å². The van der Waals surface area contributed by atoms with Crippen molar-refractivity contribution in [1.29, 1.82) is 0 Å². The molecule has 2 atom stereocenters. The second kappa shape index (κ2) is 8.62. The fourth-order valence-electron chi connectivity index (χ4n) is 3.92. The number of nitrogens with zero attached hydrogens (tertiary/aromatic N) is 2. The Morgan fingerprint density at radius 1 is 1.17 bits per heavy atom. The molecule has 1 fully saturated rings. The predicted octanol–water partition coefficient (Wildman–Crippen LogP) is 3.01. The summed E-state index contributed by atoms with van der Waals surface area (Å²) in [4.78, 5) is 29.5. The van der Waals surface area contributed by atoms with Gasteiger partial charge in [-0.1, -0.05) is 18.9 Å². The Morgan fingerprint density at radius 2 is 2.00 bits per heavy atom. The summed E-state index contributed by atoms with van der Waals surface area (Å²) in [5.74, 6) is -1.50. The number of carbonyl (C=O) groups excluding carboxylic acids is 2. The normalized spacial score (nSPS) is 18.9. The molecule has 2 unspecified atom stereocenters. The Bertz CT molecular complexity index is 1080. The van der Waals surface area contributed by atoms with E-state index in [9.17, 15) is 19.1 Å². The van der Waals surface area contributed by atoms with Crippen LogP contribution in [0.1, 0.15) is 46.5 Å². The number of aliphatic hydroxyl groups is 1. The lowest BCUT2D eigenvalue weighted by Crippen LogP contribution is -2.43. The Balaban J connectivity index is 1.51. The smallest absolute Gasteiger partial charge is 0.274 e. The summed E-state index contributed by atoms with van der Waals surface area (Å²) >= 11 is 0. The molecule has 1 aromatic carbocycles. The summed E-state index contributed by atoms with van der Waals surface area (Å²) in [6.07, 6.45) is 6.80. The topological polar surface area (TPSA) is 95.7 Å². The fourth-order valence-corrected chi connectivity index (χ4v) is 3.92. The molecule has 2 heterocycles. The molecule has 0 radical (unpaired) electrons. The Kier molecular flexibility index (Phi) is 5.76. The summed E-state index contributed by atoms with van der Waals surface area (Å²) in [6.45, 7) is 0.0228. The van der Waals surface area contributed by atoms with E-state index in [0.29, 0.717) is 5.65 Å². The van der Waals surface area contributed by atoms with Gasteiger partial charge < -0.3 is 15.7 Å². The number of nitrogens with one attached hydrogen (secondary N) is 2. The van der Waals surface area contributed by atoms with Crippen LogP contribution in [0.2, 0.25) is 0 Å². The number of hydrogen-bond donors (Lipinski definition) is 3. The lowest BCUT2D eigenvalue weighted by Gasteiger charge is -2.30. The van der Waals surface area contributed by atoms with Crippen molar-refractivity contribution in [2.75, 3.05) is 11.9 Å². The van der Waals surface area contributed by atoms with E-state index in [-0.39, 0.29) is 41.4 Å². The van der Waals surface area contributed by atoms with Crippen molar-refractivity contribution in [3.63, 3.8) is 0 Å². The molecule has 0 aliphatic heterocycles. The van der Waals surface area contributed by atoms with Crippen molar-refractivity contribution < 1.29 is 19.1 Å². The number of anilines is 1. The highest BCUT2D eigenvalue weighted by atomic mass is 19.1. The molecule has 1 aliphatic carbocycles. The minimum atomic E-state index is -0.639. The molecule has 0 saturated heterocycles. The van der Waals surface area contributed by atoms with Crippen molar-refractivity contribution in [1.82, 2.24) is 14.7 Å². The molecule has 7 nitrogen and oxygen atoms in total. The van der Waals surface area contributed by atoms with E-state index in [1.807, 2.05) is 0 Å². The Hall–Kier alpha value is -3.26. The first-order valence-corrected chi connectivity index (χ1v) is 10.0. The zero-order chi connectivity index (χ0) is 21.1. The summed E-state index contributed by atoms with van der Waals surface area (Å²) in [6, 6.07) is 9.07. The minimum absolute atomic E-state index is 0.0228. The van der Waals surface area contributed by atoms with Gasteiger partial charge in [-0.05, 0) is 43.2 Å². The molecular formula is C22H23FN4O3. The van der Waals surface area contributed by atoms with Gasteiger partial charge in [-0.3, -0.25) is 14.0 Å². The molecule has 1 saturated carbocycles. The van der Waals surface area contributed by atoms with Crippen LogP contribution in [-0.4, -0.2) is 39.0 Å². The molecule has 1 aliphatic rings. The third-order valence-corrected chi connectivity index (χ3v) is 5.59. The number of benzene rings is 1. The highest BCUT2D eigenvalue weighted by molar-refractivity contribution is 6.04. The lowest BCUT2D eigenvalue weighted by molar-refractivity contribution is 0.0872. The summed E-state index contributed by atoms with van der Waals surface area (Å²) in [5.41, 5.74) is 1.02. The van der Waals surface area contributed by atoms with Crippen molar-refractivity contribution in [3.05, 3.63) is 65.9 Å². The number of imidazole rings is 1. The molecule has 3 aromatic rings. The maximum atomic E-state index is 14.3. The highest BCUT2D eigenvalue weighted by Gasteiger charge is 2.26. The van der Waals surface area contributed by atoms with Gasteiger partial charge in [0.15, 0.2) is 0 Å². The number of hydrogen-bond acceptors (Lipinski definition) is 4. The number of fused-ring (bicyclic) bond motifs is 1. The van der Waals surface area contributed by atoms with Gasteiger partial charge in [0.1, 0.15) is 17.2 Å². The van der Waals surface area contributed by atoms with Gasteiger partial charge in [0.25, 0.3) is 11.8 Å². The van der Waals surface area contributed by atoms with Crippen LogP contribution < -0.4 is 10.6 Å². The second-order valence-corrected chi connectivity index (χ2v) is 7.53. The number of amides is 2. The highest BCUT2D eigenvalue weighted by Crippen LogP contribution is 2.25. The van der Waals surface area contributed by atoms with Gasteiger partial charge >= 0.3 is 0 Å². The van der Waals surface area contributed by atoms with Crippen LogP contribution >= 0.6 is 0 Å². The first-order valence-electron chi connectivity index (χ1n) is 10.0. The van der Waals surface area contributed by atoms with Crippen LogP contribution in [0.4, 0.5) is 10.1 Å². The molecular weight excluding hydrogens is 387 g/mol. The van der Waals surface area contributed by atoms with Gasteiger partial charge in [-0.2, -0.15) is 0 Å². The van der Waals surface area contributed by atoms with E-state index in [1.54, 1.807) is 28.8 Å². The van der Waals surface area contributed by atoms with E-state index >= 15 is 0 Å². The quantitative estimate of drug-likeness (QED) is 0.603. The number of pyridine rings is 1. The summed E-state index contributed by atoms with van der Waals surface area (Å²) in [7, 11) is 0. The number of halogens is 1. The van der Waals surface area contributed by atoms with E-state index in [4.69, 9.17) is 0 Å². The molecule has 0 spiro atoms. The minimum Gasteiger partial charge on any atom is -0.396 e. The standard InChI is InChI=1S/C22H23FN4O3/c23-16-9-8-14(21(29)25-17-6-2-1-5-15(17)13-28)11-18(16)26-22(30)19-12-24-20-7-3-4-10-27(19)20/h3-4,7-12,15,17,28H,1-2,5-6,13H2,(H,25,29)(H,26,30). The third kappa shape index (κ3) is 4.04. The van der Waals surface area contributed by atoms with Gasteiger partial charge in [0, 0.05) is 30.3 Å². The monoisotopic (exact) mass is 410 g/mol. The van der Waals surface area contributed by atoms with Crippen molar-refractivity contribution >= 4 is 23.1 Å². The zero-order valence-corrected chi connectivity index (χ0v) is 16.3. The molecule has 4 rings (SSSR count). The van der Waals surface area contributed by atoms with Crippen molar-refractivity contribution in [2.24, 2.45) is 5.92 Å². The van der Waals surface area contributed by atoms with E-state index < -0.39 is 11.7 Å². The molecule has 2 aromatic heterocycles. The molecule has 3 N–H and O–H groups in total. The Morgan fingerprint density at radius 3 is 2.83 bits per heavy atom. The SMILES string of the molecule is O=C(NC1CCCCC1CO)c1ccc(F)c(NC(=O)c2cnc3ccccn23)c1. The second-order valence-electron chi connectivity index (χ2n) is 7.53. The van der Waals surface area contributed by atoms with Crippen LogP contribution in [0.3, 0.4) is 0 Å². The van der Waals surface area contributed by atoms with Crippen molar-refractivity contribution in [3.8, 4) is 0 Å². The first kappa shape index (κ1) is 20.0. The van der Waals surface area contributed by atoms with Crippen LogP contribution in [0.15, 0.2) is 48.8 Å². The fraction of sp³-hybridized carbons (Fsp3) is 0.318. The number of aliphatic hydroxyl groups excluding tert-OH is 1. The van der Waals surface area contributed by atoms with Gasteiger partial charge in [-0.15, -0.1) is 0 Å². The van der Waals surface area contributed by atoms with Gasteiger partial charge in [0.05, 0.1) is 11.9 Å². The summed E-state index contributed by atoms with van der Waals surface area (Å²) < 4.78 is 15.9. The van der Waals surface area contributed by atoms with E-state index in [2.05, 4.69) is 15.6 Å². The largest absolute Gasteiger partial charge is 0.396 e. The average molecular weight is 410 g/mol. The third-order valence-electron chi connectivity index (χ3n) is 5.59. The zero-order valence-electron chi connectivity index (χ0n) is 16.3. The molecule has 30 heavy (non-hydrogen) atoms. The summed E-state index contributed by atoms with van der Waals surface area (Å²) in [5, 5.41) is 15.0. The molecule has 8 heteroatoms. The lowest BCUT2D eigenvalue weighted by atomic mass is 9.85.